The van der Waals surface area contributed by atoms with Crippen molar-refractivity contribution in [2.75, 3.05) is 19.6 Å². The lowest BCUT2D eigenvalue weighted by Crippen LogP contribution is -2.35. The number of halogens is 3. The number of aromatic nitrogens is 2. The molecule has 0 saturated carbocycles. The third kappa shape index (κ3) is 6.63. The first-order valence-electron chi connectivity index (χ1n) is 12.5. The maximum Gasteiger partial charge on any atom is 0.258 e. The van der Waals surface area contributed by atoms with Gasteiger partial charge < -0.3 is 10.1 Å². The van der Waals surface area contributed by atoms with Crippen molar-refractivity contribution in [3.63, 3.8) is 0 Å². The van der Waals surface area contributed by atoms with Crippen LogP contribution in [-0.2, 0) is 19.6 Å². The summed E-state index contributed by atoms with van der Waals surface area (Å²) in [6.45, 7) is 2.51. The number of nitrogens with zero attached hydrogens (tertiary/aromatic N) is 3. The van der Waals surface area contributed by atoms with E-state index >= 15 is 0 Å². The van der Waals surface area contributed by atoms with Crippen LogP contribution in [0.5, 0.6) is 5.75 Å². The smallest absolute Gasteiger partial charge is 0.258 e. The molecule has 1 saturated heterocycles. The Morgan fingerprint density at radius 3 is 2.84 bits per heavy atom. The van der Waals surface area contributed by atoms with Crippen LogP contribution in [0.25, 0.3) is 11.8 Å². The largest absolute Gasteiger partial charge is 0.487 e. The highest BCUT2D eigenvalue weighted by atomic mass is 35.5. The molecule has 9 heteroatoms. The zero-order valence-corrected chi connectivity index (χ0v) is 21.1. The molecule has 5 rings (SSSR count). The zero-order valence-electron chi connectivity index (χ0n) is 20.4. The lowest BCUT2D eigenvalue weighted by molar-refractivity contribution is 0.141. The van der Waals surface area contributed by atoms with Gasteiger partial charge in [-0.3, -0.25) is 19.2 Å². The molecule has 3 heterocycles. The number of alkyl halides is 2. The Hall–Kier alpha value is -3.07. The van der Waals surface area contributed by atoms with E-state index in [4.69, 9.17) is 16.3 Å². The first-order chi connectivity index (χ1) is 17.9. The van der Waals surface area contributed by atoms with Crippen LogP contribution in [0, 0.1) is 0 Å². The molecule has 1 atom stereocenters. The SMILES string of the molecule is O=c1cc(OCc2ccc(Cl)cn2)ccn1C1=Cc2ccc(CN3CC[C@@H](NCC(F)F)C3)cc2CC1. The van der Waals surface area contributed by atoms with Gasteiger partial charge in [-0.2, -0.15) is 0 Å². The maximum absolute atomic E-state index is 12.8. The number of hydrogen-bond acceptors (Lipinski definition) is 5. The number of benzene rings is 1. The Morgan fingerprint density at radius 1 is 1.16 bits per heavy atom. The van der Waals surface area contributed by atoms with Crippen molar-refractivity contribution in [2.24, 2.45) is 0 Å². The Labute approximate surface area is 219 Å². The van der Waals surface area contributed by atoms with Crippen LogP contribution in [-0.4, -0.2) is 46.6 Å². The van der Waals surface area contributed by atoms with Crippen LogP contribution in [0.2, 0.25) is 5.02 Å². The van der Waals surface area contributed by atoms with Crippen molar-refractivity contribution in [1.29, 1.82) is 0 Å². The van der Waals surface area contributed by atoms with Crippen molar-refractivity contribution in [2.45, 2.75) is 44.9 Å². The van der Waals surface area contributed by atoms with E-state index in [2.05, 4.69) is 39.5 Å². The molecular formula is C28H29ClF2N4O2. The summed E-state index contributed by atoms with van der Waals surface area (Å²) < 4.78 is 32.3. The van der Waals surface area contributed by atoms with Crippen LogP contribution in [0.1, 0.15) is 35.2 Å². The van der Waals surface area contributed by atoms with Crippen LogP contribution in [0.4, 0.5) is 8.78 Å². The molecule has 1 aliphatic carbocycles. The Morgan fingerprint density at radius 2 is 2.05 bits per heavy atom. The summed E-state index contributed by atoms with van der Waals surface area (Å²) in [6, 6.07) is 13.4. The molecule has 1 aromatic carbocycles. The Kier molecular flexibility index (Phi) is 7.98. The van der Waals surface area contributed by atoms with E-state index in [1.54, 1.807) is 35.2 Å². The second-order valence-electron chi connectivity index (χ2n) is 9.52. The third-order valence-electron chi connectivity index (χ3n) is 6.80. The summed E-state index contributed by atoms with van der Waals surface area (Å²) in [4.78, 5) is 19.3. The molecule has 1 fully saturated rings. The fourth-order valence-electron chi connectivity index (χ4n) is 4.91. The van der Waals surface area contributed by atoms with E-state index in [0.717, 1.165) is 55.9 Å². The monoisotopic (exact) mass is 526 g/mol. The summed E-state index contributed by atoms with van der Waals surface area (Å²) in [7, 11) is 0. The van der Waals surface area contributed by atoms with Crippen LogP contribution < -0.4 is 15.6 Å². The number of nitrogens with one attached hydrogen (secondary N) is 1. The molecule has 2 aromatic heterocycles. The minimum absolute atomic E-state index is 0.126. The van der Waals surface area contributed by atoms with Gasteiger partial charge in [-0.05, 0) is 60.2 Å². The van der Waals surface area contributed by atoms with Crippen molar-refractivity contribution < 1.29 is 13.5 Å². The van der Waals surface area contributed by atoms with E-state index in [-0.39, 0.29) is 24.8 Å². The average Bonchev–Trinajstić information content (AvgIpc) is 3.34. The van der Waals surface area contributed by atoms with E-state index in [1.165, 1.54) is 17.2 Å². The van der Waals surface area contributed by atoms with Crippen molar-refractivity contribution in [3.8, 4) is 5.75 Å². The van der Waals surface area contributed by atoms with Crippen LogP contribution in [0.3, 0.4) is 0 Å². The lowest BCUT2D eigenvalue weighted by Gasteiger charge is -2.21. The molecule has 0 unspecified atom stereocenters. The summed E-state index contributed by atoms with van der Waals surface area (Å²) in [6.07, 6.45) is 5.57. The van der Waals surface area contributed by atoms with Gasteiger partial charge in [-0.15, -0.1) is 0 Å². The molecule has 194 valence electrons. The quantitative estimate of drug-likeness (QED) is 0.432. The number of pyridine rings is 2. The predicted molar refractivity (Wildman–Crippen MR) is 141 cm³/mol. The summed E-state index contributed by atoms with van der Waals surface area (Å²) in [5, 5.41) is 3.51. The molecule has 37 heavy (non-hydrogen) atoms. The zero-order chi connectivity index (χ0) is 25.8. The lowest BCUT2D eigenvalue weighted by atomic mass is 9.93. The standard InChI is InChI=1S/C28H29ClF2N4O2/c29-22-4-5-24(32-14-22)18-37-26-8-10-35(28(36)13-26)25-6-3-20-11-19(1-2-21(20)12-25)16-34-9-7-23(17-34)33-15-27(30)31/h1-2,4-5,8,10-14,23,27,33H,3,6-7,9,15-18H2/t23-/m1/s1. The number of rotatable bonds is 9. The highest BCUT2D eigenvalue weighted by molar-refractivity contribution is 6.30. The van der Waals surface area contributed by atoms with Crippen LogP contribution in [0.15, 0.2) is 59.7 Å². The third-order valence-corrected chi connectivity index (χ3v) is 7.02. The van der Waals surface area contributed by atoms with Gasteiger partial charge in [0, 0.05) is 49.8 Å². The molecule has 1 N–H and O–H groups in total. The van der Waals surface area contributed by atoms with E-state index < -0.39 is 6.43 Å². The van der Waals surface area contributed by atoms with Crippen molar-refractivity contribution in [1.82, 2.24) is 19.8 Å². The summed E-state index contributed by atoms with van der Waals surface area (Å²) in [5.74, 6) is 0.494. The number of aryl methyl sites for hydroxylation is 1. The van der Waals surface area contributed by atoms with Gasteiger partial charge in [-0.1, -0.05) is 29.8 Å². The van der Waals surface area contributed by atoms with E-state index in [9.17, 15) is 13.6 Å². The molecule has 2 aliphatic rings. The Bertz CT molecular complexity index is 1330. The van der Waals surface area contributed by atoms with Crippen LogP contribution >= 0.6 is 11.6 Å². The number of fused-ring (bicyclic) bond motifs is 1. The highest BCUT2D eigenvalue weighted by Gasteiger charge is 2.23. The molecule has 1 aliphatic heterocycles. The second-order valence-corrected chi connectivity index (χ2v) is 9.95. The first kappa shape index (κ1) is 25.6. The topological polar surface area (TPSA) is 59.4 Å². The number of ether oxygens (including phenoxy) is 1. The molecule has 0 radical (unpaired) electrons. The van der Waals surface area contributed by atoms with Gasteiger partial charge in [0.1, 0.15) is 12.4 Å². The minimum atomic E-state index is -2.31. The van der Waals surface area contributed by atoms with Gasteiger partial charge in [0.25, 0.3) is 12.0 Å². The van der Waals surface area contributed by atoms with Gasteiger partial charge in [0.05, 0.1) is 17.3 Å². The fraction of sp³-hybridized carbons (Fsp3) is 0.357. The number of hydrogen-bond donors (Lipinski definition) is 1. The van der Waals surface area contributed by atoms with E-state index in [0.29, 0.717) is 10.8 Å². The van der Waals surface area contributed by atoms with Gasteiger partial charge in [0.2, 0.25) is 0 Å². The highest BCUT2D eigenvalue weighted by Crippen LogP contribution is 2.28. The molecular weight excluding hydrogens is 498 g/mol. The van der Waals surface area contributed by atoms with E-state index in [1.807, 2.05) is 0 Å². The molecule has 3 aromatic rings. The molecule has 0 spiro atoms. The number of allylic oxidation sites excluding steroid dienone is 1. The Balaban J connectivity index is 1.21. The maximum atomic E-state index is 12.8. The van der Waals surface area contributed by atoms with Gasteiger partial charge >= 0.3 is 0 Å². The molecule has 0 amide bonds. The van der Waals surface area contributed by atoms with Crippen molar-refractivity contribution >= 4 is 23.4 Å². The fourth-order valence-corrected chi connectivity index (χ4v) is 5.02. The molecule has 0 bridgehead atoms. The normalized spacial score (nSPS) is 17.6. The summed E-state index contributed by atoms with van der Waals surface area (Å²) >= 11 is 5.86. The average molecular weight is 527 g/mol. The molecule has 6 nitrogen and oxygen atoms in total. The number of likely N-dealkylation sites (tertiary alicyclic amines) is 1. The van der Waals surface area contributed by atoms with Gasteiger partial charge in [-0.25, -0.2) is 8.78 Å². The summed E-state index contributed by atoms with van der Waals surface area (Å²) in [5.41, 5.74) is 5.13. The second kappa shape index (κ2) is 11.5. The first-order valence-corrected chi connectivity index (χ1v) is 12.8. The minimum Gasteiger partial charge on any atom is -0.487 e. The van der Waals surface area contributed by atoms with Gasteiger partial charge in [0.15, 0.2) is 0 Å². The predicted octanol–water partition coefficient (Wildman–Crippen LogP) is 4.85. The van der Waals surface area contributed by atoms with Crippen molar-refractivity contribution in [3.05, 3.63) is 92.6 Å².